The molecule has 1 aliphatic rings. The van der Waals surface area contributed by atoms with Crippen molar-refractivity contribution in [3.8, 4) is 5.69 Å². The SMILES string of the molecule is CNc1nc(Nc2cn(-c3ccc(S(=O)C4CC4)cc3)nc2C)ncc1C(F)(F)F. The van der Waals surface area contributed by atoms with E-state index in [2.05, 4.69) is 25.7 Å². The standard InChI is InChI=1S/C19H19F3N6OS/c1-11-16(25-18-24-9-15(19(20,21)22)17(23-2)26-18)10-28(27-11)12-3-5-13(6-4-12)30(29)14-7-8-14/h3-6,9-10,14H,7-8H2,1-2H3,(H2,23,24,25,26). The Bertz CT molecular complexity index is 1090. The molecule has 0 amide bonds. The summed E-state index contributed by atoms with van der Waals surface area (Å²) in [6, 6.07) is 7.32. The first-order valence-electron chi connectivity index (χ1n) is 9.22. The Labute approximate surface area is 173 Å². The first kappa shape index (κ1) is 20.3. The molecule has 0 radical (unpaired) electrons. The van der Waals surface area contributed by atoms with Crippen LogP contribution in [0, 0.1) is 6.92 Å². The van der Waals surface area contributed by atoms with Crippen molar-refractivity contribution in [1.82, 2.24) is 19.7 Å². The Morgan fingerprint density at radius 3 is 2.50 bits per heavy atom. The van der Waals surface area contributed by atoms with E-state index in [0.717, 1.165) is 29.6 Å². The van der Waals surface area contributed by atoms with Crippen LogP contribution in [-0.4, -0.2) is 36.3 Å². The van der Waals surface area contributed by atoms with Crippen molar-refractivity contribution in [3.63, 3.8) is 0 Å². The largest absolute Gasteiger partial charge is 0.421 e. The Morgan fingerprint density at radius 1 is 1.20 bits per heavy atom. The maximum atomic E-state index is 13.0. The summed E-state index contributed by atoms with van der Waals surface area (Å²) in [5.41, 5.74) is 1.01. The molecule has 0 aliphatic heterocycles. The molecule has 1 aliphatic carbocycles. The van der Waals surface area contributed by atoms with Crippen molar-refractivity contribution in [2.75, 3.05) is 17.7 Å². The number of benzene rings is 1. The third kappa shape index (κ3) is 4.16. The molecular formula is C19H19F3N6OS. The maximum absolute atomic E-state index is 13.0. The Balaban J connectivity index is 1.55. The van der Waals surface area contributed by atoms with Gasteiger partial charge in [0.1, 0.15) is 11.4 Å². The number of hydrogen-bond donors (Lipinski definition) is 2. The molecule has 2 heterocycles. The number of hydrogen-bond acceptors (Lipinski definition) is 6. The molecule has 1 atom stereocenters. The molecule has 0 saturated heterocycles. The molecule has 1 fully saturated rings. The number of anilines is 3. The summed E-state index contributed by atoms with van der Waals surface area (Å²) >= 11 is 0. The fourth-order valence-electron chi connectivity index (χ4n) is 2.88. The van der Waals surface area contributed by atoms with Crippen LogP contribution in [0.15, 0.2) is 41.6 Å². The number of alkyl halides is 3. The first-order valence-corrected chi connectivity index (χ1v) is 10.4. The predicted octanol–water partition coefficient (Wildman–Crippen LogP) is 4.04. The van der Waals surface area contributed by atoms with Crippen molar-refractivity contribution in [2.45, 2.75) is 36.1 Å². The average molecular weight is 436 g/mol. The van der Waals surface area contributed by atoms with Gasteiger partial charge in [-0.1, -0.05) is 0 Å². The first-order chi connectivity index (χ1) is 14.3. The highest BCUT2D eigenvalue weighted by molar-refractivity contribution is 7.86. The Kier molecular flexibility index (Phi) is 5.22. The molecule has 2 aromatic heterocycles. The topological polar surface area (TPSA) is 84.7 Å². The van der Waals surface area contributed by atoms with Crippen LogP contribution in [0.25, 0.3) is 5.69 Å². The minimum absolute atomic E-state index is 0.0187. The second-order valence-corrected chi connectivity index (χ2v) is 8.62. The van der Waals surface area contributed by atoms with Crippen molar-refractivity contribution in [1.29, 1.82) is 0 Å². The van der Waals surface area contributed by atoms with Crippen LogP contribution in [-0.2, 0) is 17.0 Å². The van der Waals surface area contributed by atoms with Crippen molar-refractivity contribution < 1.29 is 17.4 Å². The highest BCUT2D eigenvalue weighted by atomic mass is 32.2. The molecule has 30 heavy (non-hydrogen) atoms. The summed E-state index contributed by atoms with van der Waals surface area (Å²) in [5.74, 6) is -0.297. The predicted molar refractivity (Wildman–Crippen MR) is 108 cm³/mol. The van der Waals surface area contributed by atoms with Crippen LogP contribution >= 0.6 is 0 Å². The van der Waals surface area contributed by atoms with Gasteiger partial charge in [-0.3, -0.25) is 4.21 Å². The van der Waals surface area contributed by atoms with Crippen LogP contribution < -0.4 is 10.6 Å². The molecule has 11 heteroatoms. The number of rotatable bonds is 6. The highest BCUT2D eigenvalue weighted by Crippen LogP contribution is 2.34. The third-order valence-corrected chi connectivity index (χ3v) is 6.45. The maximum Gasteiger partial charge on any atom is 0.421 e. The fourth-order valence-corrected chi connectivity index (χ4v) is 4.24. The van der Waals surface area contributed by atoms with Crippen molar-refractivity contribution >= 4 is 28.3 Å². The lowest BCUT2D eigenvalue weighted by molar-refractivity contribution is -0.137. The zero-order chi connectivity index (χ0) is 21.5. The monoisotopic (exact) mass is 436 g/mol. The molecule has 3 aromatic rings. The van der Waals surface area contributed by atoms with Gasteiger partial charge in [-0.25, -0.2) is 9.67 Å². The number of halogens is 3. The van der Waals surface area contributed by atoms with Crippen molar-refractivity contribution in [3.05, 3.63) is 47.9 Å². The highest BCUT2D eigenvalue weighted by Gasteiger charge is 2.35. The van der Waals surface area contributed by atoms with Gasteiger partial charge in [0, 0.05) is 23.4 Å². The number of nitrogens with zero attached hydrogens (tertiary/aromatic N) is 4. The Morgan fingerprint density at radius 2 is 1.90 bits per heavy atom. The van der Waals surface area contributed by atoms with E-state index in [0.29, 0.717) is 11.4 Å². The zero-order valence-corrected chi connectivity index (χ0v) is 17.0. The summed E-state index contributed by atoms with van der Waals surface area (Å²) in [5, 5.41) is 10.0. The van der Waals surface area contributed by atoms with E-state index in [1.807, 2.05) is 24.3 Å². The van der Waals surface area contributed by atoms with E-state index in [1.54, 1.807) is 17.8 Å². The molecule has 158 valence electrons. The number of nitrogens with one attached hydrogen (secondary N) is 2. The van der Waals surface area contributed by atoms with Gasteiger partial charge in [-0.2, -0.15) is 23.3 Å². The van der Waals surface area contributed by atoms with Gasteiger partial charge in [0.05, 0.1) is 34.1 Å². The van der Waals surface area contributed by atoms with E-state index in [-0.39, 0.29) is 17.0 Å². The molecule has 1 saturated carbocycles. The minimum atomic E-state index is -4.55. The lowest BCUT2D eigenvalue weighted by Crippen LogP contribution is -2.12. The van der Waals surface area contributed by atoms with Gasteiger partial charge in [0.15, 0.2) is 0 Å². The van der Waals surface area contributed by atoms with Crippen LogP contribution in [0.2, 0.25) is 0 Å². The molecule has 4 rings (SSSR count). The van der Waals surface area contributed by atoms with E-state index in [9.17, 15) is 17.4 Å². The van der Waals surface area contributed by atoms with Gasteiger partial charge in [0.25, 0.3) is 0 Å². The second kappa shape index (κ2) is 7.71. The fraction of sp³-hybridized carbons (Fsp3) is 0.316. The van der Waals surface area contributed by atoms with Gasteiger partial charge in [-0.15, -0.1) is 0 Å². The minimum Gasteiger partial charge on any atom is -0.372 e. The normalized spacial score (nSPS) is 15.1. The zero-order valence-electron chi connectivity index (χ0n) is 16.2. The van der Waals surface area contributed by atoms with E-state index in [4.69, 9.17) is 0 Å². The summed E-state index contributed by atoms with van der Waals surface area (Å²) < 4.78 is 52.9. The summed E-state index contributed by atoms with van der Waals surface area (Å²) in [7, 11) is 0.395. The van der Waals surface area contributed by atoms with E-state index >= 15 is 0 Å². The van der Waals surface area contributed by atoms with Gasteiger partial charge >= 0.3 is 6.18 Å². The molecule has 2 N–H and O–H groups in total. The lowest BCUT2D eigenvalue weighted by atomic mass is 10.3. The molecular weight excluding hydrogens is 417 g/mol. The van der Waals surface area contributed by atoms with Gasteiger partial charge in [-0.05, 0) is 44.0 Å². The molecule has 7 nitrogen and oxygen atoms in total. The number of aryl methyl sites for hydroxylation is 1. The molecule has 1 unspecified atom stereocenters. The lowest BCUT2D eigenvalue weighted by Gasteiger charge is -2.12. The van der Waals surface area contributed by atoms with Crippen LogP contribution in [0.5, 0.6) is 0 Å². The van der Waals surface area contributed by atoms with Gasteiger partial charge < -0.3 is 10.6 Å². The molecule has 0 spiro atoms. The summed E-state index contributed by atoms with van der Waals surface area (Å²) in [6.45, 7) is 1.76. The van der Waals surface area contributed by atoms with Crippen molar-refractivity contribution in [2.24, 2.45) is 0 Å². The van der Waals surface area contributed by atoms with Gasteiger partial charge in [0.2, 0.25) is 5.95 Å². The van der Waals surface area contributed by atoms with E-state index in [1.165, 1.54) is 7.05 Å². The average Bonchev–Trinajstić information content (AvgIpc) is 3.51. The van der Waals surface area contributed by atoms with Crippen LogP contribution in [0.1, 0.15) is 24.1 Å². The smallest absolute Gasteiger partial charge is 0.372 e. The Hall–Kier alpha value is -2.95. The quantitative estimate of drug-likeness (QED) is 0.607. The second-order valence-electron chi connectivity index (χ2n) is 6.89. The van der Waals surface area contributed by atoms with Crippen LogP contribution in [0.4, 0.5) is 30.6 Å². The number of aromatic nitrogens is 4. The molecule has 0 bridgehead atoms. The summed E-state index contributed by atoms with van der Waals surface area (Å²) in [6.07, 6.45) is -0.110. The van der Waals surface area contributed by atoms with Crippen LogP contribution in [0.3, 0.4) is 0 Å². The molecule has 1 aromatic carbocycles. The summed E-state index contributed by atoms with van der Waals surface area (Å²) in [4.78, 5) is 8.47. The van der Waals surface area contributed by atoms with E-state index < -0.39 is 22.5 Å². The third-order valence-electron chi connectivity index (χ3n) is 4.64.